The van der Waals surface area contributed by atoms with Gasteiger partial charge in [-0.1, -0.05) is 0 Å². The average molecular weight is 357 g/mol. The Bertz CT molecular complexity index is 881. The van der Waals surface area contributed by atoms with Crippen molar-refractivity contribution in [3.63, 3.8) is 0 Å². The highest BCUT2D eigenvalue weighted by atomic mass is 16.7. The van der Waals surface area contributed by atoms with E-state index in [2.05, 4.69) is 15.8 Å². The molecule has 0 saturated heterocycles. The van der Waals surface area contributed by atoms with Gasteiger partial charge in [-0.3, -0.25) is 9.59 Å². The zero-order valence-electron chi connectivity index (χ0n) is 13.4. The fraction of sp³-hybridized carbons (Fsp3) is 0.118. The third-order valence-electron chi connectivity index (χ3n) is 3.45. The molecule has 0 unspecified atom stereocenters. The Hall–Kier alpha value is -3.75. The van der Waals surface area contributed by atoms with Gasteiger partial charge in [0.25, 0.3) is 11.8 Å². The Morgan fingerprint density at radius 1 is 1.12 bits per heavy atom. The molecule has 9 heteroatoms. The minimum Gasteiger partial charge on any atom is -0.508 e. The smallest absolute Gasteiger partial charge is 0.259 e. The van der Waals surface area contributed by atoms with Crippen molar-refractivity contribution < 1.29 is 29.3 Å². The number of fused-ring (bicyclic) bond motifs is 1. The Labute approximate surface area is 147 Å². The predicted octanol–water partition coefficient (Wildman–Crippen LogP) is 0.707. The van der Waals surface area contributed by atoms with Gasteiger partial charge in [0.2, 0.25) is 6.79 Å². The second-order valence-electron chi connectivity index (χ2n) is 5.29. The molecule has 2 aromatic carbocycles. The van der Waals surface area contributed by atoms with Crippen LogP contribution in [-0.2, 0) is 4.79 Å². The molecule has 1 heterocycles. The summed E-state index contributed by atoms with van der Waals surface area (Å²) in [7, 11) is 0. The van der Waals surface area contributed by atoms with E-state index in [4.69, 9.17) is 9.47 Å². The van der Waals surface area contributed by atoms with Crippen LogP contribution in [0.5, 0.6) is 23.0 Å². The van der Waals surface area contributed by atoms with Crippen molar-refractivity contribution in [1.29, 1.82) is 0 Å². The Morgan fingerprint density at radius 3 is 2.73 bits per heavy atom. The molecule has 0 fully saturated rings. The number of benzene rings is 2. The predicted molar refractivity (Wildman–Crippen MR) is 90.4 cm³/mol. The van der Waals surface area contributed by atoms with Crippen LogP contribution < -0.4 is 20.2 Å². The fourth-order valence-electron chi connectivity index (χ4n) is 2.15. The van der Waals surface area contributed by atoms with Crippen molar-refractivity contribution >= 4 is 18.0 Å². The van der Waals surface area contributed by atoms with Gasteiger partial charge in [-0.25, -0.2) is 5.43 Å². The molecule has 2 aromatic rings. The maximum Gasteiger partial charge on any atom is 0.259 e. The third kappa shape index (κ3) is 4.01. The summed E-state index contributed by atoms with van der Waals surface area (Å²) in [5.41, 5.74) is 2.86. The third-order valence-corrected chi connectivity index (χ3v) is 3.45. The molecule has 0 radical (unpaired) electrons. The van der Waals surface area contributed by atoms with Crippen LogP contribution in [0.3, 0.4) is 0 Å². The summed E-state index contributed by atoms with van der Waals surface area (Å²) in [6.45, 7) is -0.177. The van der Waals surface area contributed by atoms with E-state index in [0.29, 0.717) is 22.6 Å². The van der Waals surface area contributed by atoms with E-state index in [0.717, 1.165) is 6.07 Å². The number of nitrogens with zero attached hydrogens (tertiary/aromatic N) is 1. The van der Waals surface area contributed by atoms with Gasteiger partial charge in [-0.2, -0.15) is 5.10 Å². The van der Waals surface area contributed by atoms with Crippen molar-refractivity contribution in [2.75, 3.05) is 13.3 Å². The first kappa shape index (κ1) is 17.1. The molecule has 0 bridgehead atoms. The molecule has 9 nitrogen and oxygen atoms in total. The van der Waals surface area contributed by atoms with E-state index in [1.54, 1.807) is 12.1 Å². The van der Waals surface area contributed by atoms with E-state index >= 15 is 0 Å². The van der Waals surface area contributed by atoms with Gasteiger partial charge in [0, 0.05) is 17.2 Å². The fourth-order valence-corrected chi connectivity index (χ4v) is 2.15. The van der Waals surface area contributed by atoms with Gasteiger partial charge in [0.1, 0.15) is 11.5 Å². The van der Waals surface area contributed by atoms with Crippen LogP contribution in [0.1, 0.15) is 15.9 Å². The lowest BCUT2D eigenvalue weighted by Gasteiger charge is -2.05. The minimum absolute atomic E-state index is 0.0880. The summed E-state index contributed by atoms with van der Waals surface area (Å²) in [5.74, 6) is -0.229. The van der Waals surface area contributed by atoms with Crippen LogP contribution in [0.15, 0.2) is 41.5 Å². The number of carbonyl (C=O) groups is 2. The topological polar surface area (TPSA) is 129 Å². The van der Waals surface area contributed by atoms with Gasteiger partial charge >= 0.3 is 0 Å². The van der Waals surface area contributed by atoms with Crippen molar-refractivity contribution in [2.45, 2.75) is 0 Å². The zero-order valence-corrected chi connectivity index (χ0v) is 13.4. The van der Waals surface area contributed by atoms with Crippen LogP contribution in [0.2, 0.25) is 0 Å². The number of amides is 2. The van der Waals surface area contributed by atoms with E-state index in [1.165, 1.54) is 24.4 Å². The molecule has 3 rings (SSSR count). The van der Waals surface area contributed by atoms with Crippen LogP contribution in [0.4, 0.5) is 0 Å². The Kier molecular flexibility index (Phi) is 4.88. The average Bonchev–Trinajstić information content (AvgIpc) is 3.09. The lowest BCUT2D eigenvalue weighted by molar-refractivity contribution is -0.120. The number of hydrazone groups is 1. The molecule has 0 aliphatic carbocycles. The summed E-state index contributed by atoms with van der Waals surface area (Å²) in [6, 6.07) is 8.66. The highest BCUT2D eigenvalue weighted by Gasteiger charge is 2.16. The molecule has 4 N–H and O–H groups in total. The molecule has 134 valence electrons. The van der Waals surface area contributed by atoms with Gasteiger partial charge < -0.3 is 25.0 Å². The largest absolute Gasteiger partial charge is 0.508 e. The molecule has 0 saturated carbocycles. The second kappa shape index (κ2) is 7.43. The number of nitrogens with one attached hydrogen (secondary N) is 2. The molecular formula is C17H15N3O6. The van der Waals surface area contributed by atoms with Crippen molar-refractivity contribution in [3.8, 4) is 23.0 Å². The summed E-state index contributed by atoms with van der Waals surface area (Å²) in [4.78, 5) is 23.7. The van der Waals surface area contributed by atoms with Crippen molar-refractivity contribution in [1.82, 2.24) is 10.7 Å². The zero-order chi connectivity index (χ0) is 18.5. The summed E-state index contributed by atoms with van der Waals surface area (Å²) in [5, 5.41) is 24.9. The minimum atomic E-state index is -0.548. The number of phenolic OH excluding ortho intramolecular Hbond substituents is 2. The molecule has 2 amide bonds. The molecule has 26 heavy (non-hydrogen) atoms. The molecular weight excluding hydrogens is 342 g/mol. The van der Waals surface area contributed by atoms with Crippen molar-refractivity contribution in [2.24, 2.45) is 5.10 Å². The standard InChI is InChI=1S/C17H15N3O6/c21-12-3-1-11(13(22)6-12)7-19-20-16(23)8-18-17(24)10-2-4-14-15(5-10)26-9-25-14/h1-7,21-22H,8-9H2,(H,18,24)(H,20,23). The lowest BCUT2D eigenvalue weighted by Crippen LogP contribution is -2.34. The van der Waals surface area contributed by atoms with Gasteiger partial charge in [0.15, 0.2) is 11.5 Å². The highest BCUT2D eigenvalue weighted by Crippen LogP contribution is 2.32. The van der Waals surface area contributed by atoms with E-state index in [1.807, 2.05) is 0 Å². The van der Waals surface area contributed by atoms with E-state index < -0.39 is 11.8 Å². The Morgan fingerprint density at radius 2 is 1.92 bits per heavy atom. The highest BCUT2D eigenvalue weighted by molar-refractivity contribution is 5.97. The number of aromatic hydroxyl groups is 2. The van der Waals surface area contributed by atoms with Crippen LogP contribution in [0, 0.1) is 0 Å². The molecule has 0 spiro atoms. The van der Waals surface area contributed by atoms with Crippen LogP contribution in [-0.4, -0.2) is 41.6 Å². The number of hydrogen-bond acceptors (Lipinski definition) is 7. The van der Waals surface area contributed by atoms with Gasteiger partial charge in [-0.05, 0) is 30.3 Å². The Balaban J connectivity index is 1.49. The summed E-state index contributed by atoms with van der Waals surface area (Å²) in [6.07, 6.45) is 1.21. The van der Waals surface area contributed by atoms with Gasteiger partial charge in [-0.15, -0.1) is 0 Å². The molecule has 0 atom stereocenters. The van der Waals surface area contributed by atoms with Crippen LogP contribution >= 0.6 is 0 Å². The maximum absolute atomic E-state index is 12.0. The SMILES string of the molecule is O=C(CNC(=O)c1ccc2c(c1)OCO2)NN=Cc1ccc(O)cc1O. The number of ether oxygens (including phenoxy) is 2. The first-order valence-corrected chi connectivity index (χ1v) is 7.54. The van der Waals surface area contributed by atoms with E-state index in [9.17, 15) is 19.8 Å². The number of carbonyl (C=O) groups excluding carboxylic acids is 2. The quantitative estimate of drug-likeness (QED) is 0.461. The number of phenols is 2. The monoisotopic (exact) mass is 357 g/mol. The summed E-state index contributed by atoms with van der Waals surface area (Å²) < 4.78 is 10.4. The van der Waals surface area contributed by atoms with Gasteiger partial charge in [0.05, 0.1) is 12.8 Å². The first-order chi connectivity index (χ1) is 12.5. The first-order valence-electron chi connectivity index (χ1n) is 7.54. The lowest BCUT2D eigenvalue weighted by atomic mass is 10.2. The molecule has 1 aliphatic rings. The van der Waals surface area contributed by atoms with Crippen LogP contribution in [0.25, 0.3) is 0 Å². The normalized spacial score (nSPS) is 12.2. The van der Waals surface area contributed by atoms with Crippen molar-refractivity contribution in [3.05, 3.63) is 47.5 Å². The number of rotatable bonds is 5. The number of hydrogen-bond donors (Lipinski definition) is 4. The molecule has 1 aliphatic heterocycles. The maximum atomic E-state index is 12.0. The van der Waals surface area contributed by atoms with E-state index in [-0.39, 0.29) is 24.8 Å². The second-order valence-corrected chi connectivity index (χ2v) is 5.29. The molecule has 0 aromatic heterocycles. The summed E-state index contributed by atoms with van der Waals surface area (Å²) >= 11 is 0.